The van der Waals surface area contributed by atoms with Crippen molar-refractivity contribution in [1.82, 2.24) is 0 Å². The second-order valence-electron chi connectivity index (χ2n) is 5.97. The van der Waals surface area contributed by atoms with Crippen LogP contribution in [0.3, 0.4) is 0 Å². The second kappa shape index (κ2) is 7.64. The average Bonchev–Trinajstić information content (AvgIpc) is 2.64. The maximum absolute atomic E-state index is 10.2. The Morgan fingerprint density at radius 3 is 2.56 bits per heavy atom. The van der Waals surface area contributed by atoms with Crippen LogP contribution >= 0.6 is 0 Å². The molecule has 1 fully saturated rings. The molecule has 3 rings (SSSR count). The molecule has 3 unspecified atom stereocenters. The van der Waals surface area contributed by atoms with Crippen LogP contribution in [0.4, 0.5) is 0 Å². The minimum absolute atomic E-state index is 0.190. The van der Waals surface area contributed by atoms with E-state index >= 15 is 0 Å². The first-order valence-corrected chi connectivity index (χ1v) is 8.01. The fraction of sp³-hybridized carbons (Fsp3) is 0.316. The molecule has 1 aliphatic rings. The summed E-state index contributed by atoms with van der Waals surface area (Å²) in [7, 11) is 0. The van der Waals surface area contributed by atoms with Gasteiger partial charge in [-0.15, -0.1) is 0 Å². The molecule has 4 atom stereocenters. The Morgan fingerprint density at radius 2 is 1.88 bits per heavy atom. The number of hydrogen-bond acceptors (Lipinski definition) is 6. The summed E-state index contributed by atoms with van der Waals surface area (Å²) >= 11 is 0. The molecule has 2 aromatic carbocycles. The summed E-state index contributed by atoms with van der Waals surface area (Å²) in [4.78, 5) is 0. The quantitative estimate of drug-likeness (QED) is 0.785. The van der Waals surface area contributed by atoms with Crippen molar-refractivity contribution >= 4 is 0 Å². The van der Waals surface area contributed by atoms with Gasteiger partial charge >= 0.3 is 0 Å². The van der Waals surface area contributed by atoms with E-state index in [1.54, 1.807) is 48.5 Å². The van der Waals surface area contributed by atoms with Crippen LogP contribution in [0.5, 0.6) is 11.5 Å². The monoisotopic (exact) mass is 341 g/mol. The van der Waals surface area contributed by atoms with E-state index in [1.165, 1.54) is 0 Å². The van der Waals surface area contributed by atoms with Crippen LogP contribution in [-0.4, -0.2) is 40.2 Å². The van der Waals surface area contributed by atoms with Gasteiger partial charge in [0, 0.05) is 6.42 Å². The number of benzene rings is 2. The Balaban J connectivity index is 1.79. The maximum Gasteiger partial charge on any atom is 0.127 e. The van der Waals surface area contributed by atoms with Gasteiger partial charge in [-0.25, -0.2) is 0 Å². The molecular formula is C19H19NO5. The molecule has 0 aromatic heterocycles. The van der Waals surface area contributed by atoms with Gasteiger partial charge in [0.15, 0.2) is 0 Å². The topological polar surface area (TPSA) is 103 Å². The lowest BCUT2D eigenvalue weighted by Crippen LogP contribution is -2.44. The normalized spacial score (nSPS) is 26.0. The van der Waals surface area contributed by atoms with Gasteiger partial charge in [-0.2, -0.15) is 5.26 Å². The van der Waals surface area contributed by atoms with E-state index in [1.807, 2.05) is 6.07 Å². The molecule has 25 heavy (non-hydrogen) atoms. The van der Waals surface area contributed by atoms with Crippen LogP contribution in [0.1, 0.15) is 23.7 Å². The molecule has 6 nitrogen and oxygen atoms in total. The first kappa shape index (κ1) is 17.4. The van der Waals surface area contributed by atoms with Crippen molar-refractivity contribution in [3.05, 3.63) is 59.7 Å². The summed E-state index contributed by atoms with van der Waals surface area (Å²) in [5, 5.41) is 38.3. The predicted molar refractivity (Wildman–Crippen MR) is 89.0 cm³/mol. The van der Waals surface area contributed by atoms with Crippen LogP contribution in [0, 0.1) is 11.3 Å². The summed E-state index contributed by atoms with van der Waals surface area (Å²) in [6.45, 7) is -0.221. The lowest BCUT2D eigenvalue weighted by Gasteiger charge is -2.36. The Morgan fingerprint density at radius 1 is 1.12 bits per heavy atom. The molecule has 0 radical (unpaired) electrons. The third kappa shape index (κ3) is 3.98. The Labute approximate surface area is 145 Å². The van der Waals surface area contributed by atoms with Crippen LogP contribution in [-0.2, 0) is 4.74 Å². The number of aliphatic hydroxyl groups is 3. The van der Waals surface area contributed by atoms with E-state index < -0.39 is 24.4 Å². The highest BCUT2D eigenvalue weighted by molar-refractivity contribution is 5.38. The van der Waals surface area contributed by atoms with Crippen molar-refractivity contribution in [2.24, 2.45) is 0 Å². The highest BCUT2D eigenvalue weighted by atomic mass is 16.5. The molecule has 0 bridgehead atoms. The smallest absolute Gasteiger partial charge is 0.127 e. The van der Waals surface area contributed by atoms with Crippen LogP contribution < -0.4 is 4.74 Å². The van der Waals surface area contributed by atoms with Crippen molar-refractivity contribution < 1.29 is 24.8 Å². The number of rotatable bonds is 4. The third-order valence-electron chi connectivity index (χ3n) is 4.16. The summed E-state index contributed by atoms with van der Waals surface area (Å²) in [5.41, 5.74) is 1.19. The van der Waals surface area contributed by atoms with E-state index in [2.05, 4.69) is 0 Å². The third-order valence-corrected chi connectivity index (χ3v) is 4.16. The minimum atomic E-state index is -1.08. The van der Waals surface area contributed by atoms with Gasteiger partial charge in [0.2, 0.25) is 0 Å². The molecular weight excluding hydrogens is 322 g/mol. The van der Waals surface area contributed by atoms with Crippen LogP contribution in [0.25, 0.3) is 0 Å². The number of nitrogens with zero attached hydrogens (tertiary/aromatic N) is 1. The Hall–Kier alpha value is -2.43. The predicted octanol–water partition coefficient (Wildman–Crippen LogP) is 1.89. The minimum Gasteiger partial charge on any atom is -0.457 e. The maximum atomic E-state index is 10.2. The van der Waals surface area contributed by atoms with Gasteiger partial charge in [-0.05, 0) is 42.0 Å². The van der Waals surface area contributed by atoms with Crippen molar-refractivity contribution in [2.45, 2.75) is 30.8 Å². The molecule has 1 saturated heterocycles. The summed E-state index contributed by atoms with van der Waals surface area (Å²) in [6.07, 6.45) is -3.11. The molecule has 0 amide bonds. The lowest BCUT2D eigenvalue weighted by atomic mass is 9.93. The molecule has 1 aliphatic heterocycles. The lowest BCUT2D eigenvalue weighted by molar-refractivity contribution is -0.179. The zero-order valence-electron chi connectivity index (χ0n) is 13.4. The molecule has 130 valence electrons. The van der Waals surface area contributed by atoms with E-state index in [0.717, 1.165) is 0 Å². The summed E-state index contributed by atoms with van der Waals surface area (Å²) < 4.78 is 11.5. The zero-order valence-corrected chi connectivity index (χ0v) is 13.4. The number of nitriles is 1. The fourth-order valence-corrected chi connectivity index (χ4v) is 2.84. The highest BCUT2D eigenvalue weighted by Crippen LogP contribution is 2.34. The Kier molecular flexibility index (Phi) is 5.31. The molecule has 3 N–H and O–H groups in total. The van der Waals surface area contributed by atoms with Crippen LogP contribution in [0.2, 0.25) is 0 Å². The Bertz CT molecular complexity index is 755. The first-order valence-electron chi connectivity index (χ1n) is 8.01. The number of aliphatic hydroxyl groups excluding tert-OH is 3. The summed E-state index contributed by atoms with van der Waals surface area (Å²) in [5.74, 6) is 1.12. The fourth-order valence-electron chi connectivity index (χ4n) is 2.84. The highest BCUT2D eigenvalue weighted by Gasteiger charge is 2.37. The summed E-state index contributed by atoms with van der Waals surface area (Å²) in [6, 6.07) is 15.8. The van der Waals surface area contributed by atoms with Gasteiger partial charge in [0.1, 0.15) is 23.7 Å². The molecule has 1 heterocycles. The van der Waals surface area contributed by atoms with Gasteiger partial charge in [-0.3, -0.25) is 0 Å². The van der Waals surface area contributed by atoms with E-state index in [9.17, 15) is 15.3 Å². The molecule has 0 spiro atoms. The van der Waals surface area contributed by atoms with Crippen LogP contribution in [0.15, 0.2) is 48.5 Å². The van der Waals surface area contributed by atoms with Gasteiger partial charge in [0.05, 0.1) is 30.4 Å². The van der Waals surface area contributed by atoms with E-state index in [4.69, 9.17) is 14.7 Å². The zero-order chi connectivity index (χ0) is 17.8. The number of hydrogen-bond donors (Lipinski definition) is 3. The van der Waals surface area contributed by atoms with Crippen molar-refractivity contribution in [3.8, 4) is 17.6 Å². The molecule has 2 aromatic rings. The van der Waals surface area contributed by atoms with E-state index in [-0.39, 0.29) is 13.0 Å². The van der Waals surface area contributed by atoms with Crippen molar-refractivity contribution in [2.75, 3.05) is 6.61 Å². The largest absolute Gasteiger partial charge is 0.457 e. The number of ether oxygens (including phenoxy) is 2. The van der Waals surface area contributed by atoms with E-state index in [0.29, 0.717) is 22.6 Å². The molecule has 0 aliphatic carbocycles. The van der Waals surface area contributed by atoms with Gasteiger partial charge in [-0.1, -0.05) is 12.1 Å². The first-order chi connectivity index (χ1) is 12.1. The standard InChI is InChI=1S/C19H19NO5/c20-10-12-4-6-14(7-5-12)24-15-3-1-2-13(8-15)19-18(23)17(22)9-16(11-21)25-19/h1-8,16-19,21-23H,9,11H2/t16?,17?,18?,19-/m1/s1. The second-order valence-corrected chi connectivity index (χ2v) is 5.97. The molecule has 6 heteroatoms. The van der Waals surface area contributed by atoms with Crippen molar-refractivity contribution in [3.63, 3.8) is 0 Å². The average molecular weight is 341 g/mol. The van der Waals surface area contributed by atoms with Gasteiger partial charge < -0.3 is 24.8 Å². The molecule has 0 saturated carbocycles. The SMILES string of the molecule is N#Cc1ccc(Oc2cccc([C@H]3OC(CO)CC(O)C3O)c2)cc1. The van der Waals surface area contributed by atoms with Gasteiger partial charge in [0.25, 0.3) is 0 Å². The van der Waals surface area contributed by atoms with Crippen molar-refractivity contribution in [1.29, 1.82) is 5.26 Å².